The summed E-state index contributed by atoms with van der Waals surface area (Å²) in [6.45, 7) is -0.216. The van der Waals surface area contributed by atoms with E-state index in [4.69, 9.17) is 9.47 Å². The predicted octanol–water partition coefficient (Wildman–Crippen LogP) is 1.94. The van der Waals surface area contributed by atoms with Crippen molar-refractivity contribution in [1.29, 1.82) is 0 Å². The molecule has 0 aromatic heterocycles. The first-order valence-corrected chi connectivity index (χ1v) is 8.54. The first-order valence-electron chi connectivity index (χ1n) is 8.54. The fourth-order valence-electron chi connectivity index (χ4n) is 2.16. The van der Waals surface area contributed by atoms with Crippen molar-refractivity contribution in [1.82, 2.24) is 4.90 Å². The molecular weight excluding hydrogens is 371 g/mol. The molecule has 0 N–H and O–H groups in total. The maximum atomic E-state index is 11.9. The number of nitrogens with zero attached hydrogens (tertiary/aromatic N) is 1. The number of hydrogen-bond acceptors (Lipinski definition) is 6. The highest BCUT2D eigenvalue weighted by Gasteiger charge is 2.26. The normalized spacial score (nSPS) is 14.1. The monoisotopic (exact) mass is 393 g/mol. The van der Waals surface area contributed by atoms with Crippen molar-refractivity contribution >= 4 is 23.6 Å². The average Bonchev–Trinajstić information content (AvgIpc) is 2.90. The van der Waals surface area contributed by atoms with Crippen LogP contribution < -0.4 is 0 Å². The number of rotatable bonds is 13. The van der Waals surface area contributed by atoms with Gasteiger partial charge in [0, 0.05) is 38.1 Å². The van der Waals surface area contributed by atoms with E-state index in [9.17, 15) is 32.3 Å². The summed E-state index contributed by atoms with van der Waals surface area (Å²) < 4.78 is 45.3. The minimum atomic E-state index is -4.26. The van der Waals surface area contributed by atoms with Gasteiger partial charge in [0.25, 0.3) is 11.8 Å². The van der Waals surface area contributed by atoms with Crippen LogP contribution in [0.25, 0.3) is 0 Å². The largest absolute Gasteiger partial charge is 0.466 e. The summed E-state index contributed by atoms with van der Waals surface area (Å²) in [5.41, 5.74) is 0. The van der Waals surface area contributed by atoms with E-state index in [0.29, 0.717) is 6.42 Å². The molecule has 0 fully saturated rings. The van der Waals surface area contributed by atoms with E-state index in [1.54, 1.807) is 0 Å². The summed E-state index contributed by atoms with van der Waals surface area (Å²) in [4.78, 5) is 46.7. The van der Waals surface area contributed by atoms with Crippen LogP contribution in [-0.4, -0.2) is 61.0 Å². The van der Waals surface area contributed by atoms with Crippen molar-refractivity contribution in [2.24, 2.45) is 0 Å². The molecule has 0 saturated heterocycles. The van der Waals surface area contributed by atoms with Gasteiger partial charge < -0.3 is 9.47 Å². The zero-order valence-corrected chi connectivity index (χ0v) is 14.8. The molecule has 1 aliphatic heterocycles. The lowest BCUT2D eigenvalue weighted by Gasteiger charge is -2.13. The number of alkyl halides is 3. The Balaban J connectivity index is 1.98. The standard InChI is InChI=1S/C17H22F3NO6/c18-17(19,20)8-12-26-10-1-3-13(22)4-7-16(25)27-11-2-9-21-14(23)5-6-15(21)24/h5-6H,1-4,7-12H2. The van der Waals surface area contributed by atoms with Gasteiger partial charge in [0.1, 0.15) is 5.78 Å². The van der Waals surface area contributed by atoms with Crippen LogP contribution in [0.1, 0.15) is 38.5 Å². The Morgan fingerprint density at radius 3 is 2.22 bits per heavy atom. The maximum absolute atomic E-state index is 11.9. The van der Waals surface area contributed by atoms with E-state index in [2.05, 4.69) is 0 Å². The molecule has 2 amide bonds. The van der Waals surface area contributed by atoms with Gasteiger partial charge in [0.2, 0.25) is 0 Å². The smallest absolute Gasteiger partial charge is 0.391 e. The number of ether oxygens (including phenoxy) is 2. The van der Waals surface area contributed by atoms with E-state index in [1.807, 2.05) is 0 Å². The Hall–Kier alpha value is -2.23. The summed E-state index contributed by atoms with van der Waals surface area (Å²) in [6.07, 6.45) is -2.36. The molecule has 0 radical (unpaired) electrons. The lowest BCUT2D eigenvalue weighted by Crippen LogP contribution is -2.31. The Bertz CT molecular complexity index is 556. The first kappa shape index (κ1) is 22.8. The van der Waals surface area contributed by atoms with E-state index in [-0.39, 0.29) is 51.2 Å². The molecule has 0 bridgehead atoms. The Morgan fingerprint density at radius 2 is 1.59 bits per heavy atom. The highest BCUT2D eigenvalue weighted by atomic mass is 19.4. The second-order valence-corrected chi connectivity index (χ2v) is 5.86. The van der Waals surface area contributed by atoms with Gasteiger partial charge >= 0.3 is 12.1 Å². The van der Waals surface area contributed by atoms with E-state index < -0.39 is 37.0 Å². The third kappa shape index (κ3) is 10.5. The summed E-state index contributed by atoms with van der Waals surface area (Å²) in [7, 11) is 0. The van der Waals surface area contributed by atoms with E-state index >= 15 is 0 Å². The van der Waals surface area contributed by atoms with Gasteiger partial charge in [-0.2, -0.15) is 13.2 Å². The lowest BCUT2D eigenvalue weighted by atomic mass is 10.1. The molecule has 1 heterocycles. The topological polar surface area (TPSA) is 90.0 Å². The van der Waals surface area contributed by atoms with Crippen molar-refractivity contribution in [2.75, 3.05) is 26.4 Å². The highest BCUT2D eigenvalue weighted by molar-refractivity contribution is 6.12. The van der Waals surface area contributed by atoms with Gasteiger partial charge in [-0.1, -0.05) is 0 Å². The number of imide groups is 1. The van der Waals surface area contributed by atoms with Crippen LogP contribution >= 0.6 is 0 Å². The van der Waals surface area contributed by atoms with Gasteiger partial charge in [-0.3, -0.25) is 24.1 Å². The van der Waals surface area contributed by atoms with Gasteiger partial charge in [0.05, 0.1) is 26.1 Å². The van der Waals surface area contributed by atoms with Crippen molar-refractivity contribution in [3.63, 3.8) is 0 Å². The summed E-state index contributed by atoms with van der Waals surface area (Å²) in [5, 5.41) is 0. The SMILES string of the molecule is O=C(CCCOCCC(F)(F)F)CCC(=O)OCCCN1C(=O)C=CC1=O. The molecule has 0 aromatic carbocycles. The third-order valence-corrected chi connectivity index (χ3v) is 3.57. The maximum Gasteiger partial charge on any atom is 0.391 e. The average molecular weight is 393 g/mol. The number of carbonyl (C=O) groups is 4. The molecule has 0 aliphatic carbocycles. The van der Waals surface area contributed by atoms with Crippen LogP contribution in [0.3, 0.4) is 0 Å². The fourth-order valence-corrected chi connectivity index (χ4v) is 2.16. The molecule has 1 aliphatic rings. The number of carbonyl (C=O) groups excluding carboxylic acids is 4. The van der Waals surface area contributed by atoms with Crippen molar-refractivity contribution in [2.45, 2.75) is 44.7 Å². The van der Waals surface area contributed by atoms with E-state index in [0.717, 1.165) is 4.90 Å². The van der Waals surface area contributed by atoms with Gasteiger partial charge in [-0.05, 0) is 12.8 Å². The number of amides is 2. The van der Waals surface area contributed by atoms with Crippen LogP contribution in [0.4, 0.5) is 13.2 Å². The first-order chi connectivity index (χ1) is 12.7. The molecule has 0 saturated carbocycles. The van der Waals surface area contributed by atoms with Crippen LogP contribution in [0.5, 0.6) is 0 Å². The van der Waals surface area contributed by atoms with Gasteiger partial charge in [-0.15, -0.1) is 0 Å². The summed E-state index contributed by atoms with van der Waals surface area (Å²) in [6, 6.07) is 0. The minimum Gasteiger partial charge on any atom is -0.466 e. The van der Waals surface area contributed by atoms with Crippen molar-refractivity contribution in [3.05, 3.63) is 12.2 Å². The zero-order valence-electron chi connectivity index (χ0n) is 14.8. The Kier molecular flexibility index (Phi) is 9.70. The molecule has 0 spiro atoms. The minimum absolute atomic E-state index is 0.0194. The molecule has 7 nitrogen and oxygen atoms in total. The molecule has 0 atom stereocenters. The van der Waals surface area contributed by atoms with Crippen molar-refractivity contribution < 1.29 is 41.8 Å². The second kappa shape index (κ2) is 11.5. The predicted molar refractivity (Wildman–Crippen MR) is 86.4 cm³/mol. The second-order valence-electron chi connectivity index (χ2n) is 5.86. The highest BCUT2D eigenvalue weighted by Crippen LogP contribution is 2.19. The van der Waals surface area contributed by atoms with Crippen LogP contribution in [0, 0.1) is 0 Å². The molecule has 10 heteroatoms. The van der Waals surface area contributed by atoms with Gasteiger partial charge in [0.15, 0.2) is 0 Å². The number of ketones is 1. The number of halogens is 3. The Morgan fingerprint density at radius 1 is 0.926 bits per heavy atom. The number of Topliss-reactive ketones (excluding diaryl/α,β-unsaturated/α-hetero) is 1. The van der Waals surface area contributed by atoms with Crippen molar-refractivity contribution in [3.8, 4) is 0 Å². The number of hydrogen-bond donors (Lipinski definition) is 0. The summed E-state index contributed by atoms with van der Waals surface area (Å²) >= 11 is 0. The zero-order chi connectivity index (χ0) is 20.3. The van der Waals surface area contributed by atoms with Crippen LogP contribution in [0.2, 0.25) is 0 Å². The van der Waals surface area contributed by atoms with Gasteiger partial charge in [-0.25, -0.2) is 0 Å². The molecule has 152 valence electrons. The molecule has 27 heavy (non-hydrogen) atoms. The third-order valence-electron chi connectivity index (χ3n) is 3.57. The number of esters is 1. The molecule has 0 aromatic rings. The van der Waals surface area contributed by atoms with Crippen LogP contribution in [-0.2, 0) is 28.7 Å². The quantitative estimate of drug-likeness (QED) is 0.270. The molecular formula is C17H22F3NO6. The molecule has 1 rings (SSSR count). The lowest BCUT2D eigenvalue weighted by molar-refractivity contribution is -0.145. The van der Waals surface area contributed by atoms with E-state index in [1.165, 1.54) is 12.2 Å². The Labute approximate surface area is 154 Å². The molecule has 0 unspecified atom stereocenters. The fraction of sp³-hybridized carbons (Fsp3) is 0.647. The van der Waals surface area contributed by atoms with Crippen LogP contribution in [0.15, 0.2) is 12.2 Å². The summed E-state index contributed by atoms with van der Waals surface area (Å²) in [5.74, 6) is -1.58.